The minimum absolute atomic E-state index is 0.0664. The number of aliphatic hydroxyl groups excluding tert-OH is 2. The number of phenolic OH excluding ortho intramolecular Hbond substituents is 1. The molecule has 0 aliphatic heterocycles. The number of fused-ring (bicyclic) bond motifs is 3. The monoisotopic (exact) mass is 773 g/mol. The summed E-state index contributed by atoms with van der Waals surface area (Å²) in [5, 5.41) is 30.7. The Balaban J connectivity index is 0.000000132. The number of aliphatic hydroxyl groups is 2. The van der Waals surface area contributed by atoms with Crippen LogP contribution < -0.4 is 15.1 Å². The van der Waals surface area contributed by atoms with Crippen molar-refractivity contribution in [2.24, 2.45) is 0 Å². The number of pyridine rings is 3. The van der Waals surface area contributed by atoms with Crippen LogP contribution >= 0.6 is 0 Å². The lowest BCUT2D eigenvalue weighted by Crippen LogP contribution is -2.08. The molecule has 0 spiro atoms. The molecule has 6 heterocycles. The molecule has 0 aliphatic carbocycles. The summed E-state index contributed by atoms with van der Waals surface area (Å²) in [4.78, 5) is 18.0. The van der Waals surface area contributed by atoms with E-state index in [1.807, 2.05) is 175 Å². The molecule has 9 aromatic rings. The first-order valence-corrected chi connectivity index (χ1v) is 18.8. The highest BCUT2D eigenvalue weighted by atomic mass is 16.3. The average molecular weight is 774 g/mol. The zero-order valence-electron chi connectivity index (χ0n) is 33.2. The summed E-state index contributed by atoms with van der Waals surface area (Å²) in [6.45, 7) is 0.134. The number of aromatic hydroxyl groups is 1. The molecule has 0 saturated carbocycles. The Morgan fingerprint density at radius 2 is 0.948 bits per heavy atom. The Labute approximate surface area is 337 Å². The minimum Gasteiger partial charge on any atom is -0.508 e. The summed E-state index contributed by atoms with van der Waals surface area (Å²) in [5.41, 5.74) is 13.6. The van der Waals surface area contributed by atoms with E-state index >= 15 is 0 Å². The van der Waals surface area contributed by atoms with Crippen LogP contribution in [-0.2, 0) is 13.2 Å². The zero-order valence-corrected chi connectivity index (χ0v) is 33.2. The molecule has 0 bridgehead atoms. The third-order valence-electron chi connectivity index (χ3n) is 9.68. The van der Waals surface area contributed by atoms with Gasteiger partial charge in [-0.2, -0.15) is 0 Å². The smallest absolute Gasteiger partial charge is 0.139 e. The van der Waals surface area contributed by atoms with Gasteiger partial charge in [-0.1, -0.05) is 60.7 Å². The second-order valence-corrected chi connectivity index (χ2v) is 14.2. The number of hydrogen-bond acceptors (Lipinski definition) is 9. The van der Waals surface area contributed by atoms with Crippen molar-refractivity contribution in [3.05, 3.63) is 158 Å². The lowest BCUT2D eigenvalue weighted by atomic mass is 10.1. The van der Waals surface area contributed by atoms with E-state index in [9.17, 15) is 5.11 Å². The summed E-state index contributed by atoms with van der Waals surface area (Å²) < 4.78 is 5.99. The third kappa shape index (κ3) is 8.94. The number of imidazole rings is 3. The fraction of sp³-hybridized carbons (Fsp3) is 0.152. The van der Waals surface area contributed by atoms with Gasteiger partial charge in [-0.3, -0.25) is 0 Å². The Hall–Kier alpha value is -7.15. The SMILES string of the molecule is CN(C)c1ccn2cc(-c3ccc(CO)cc3)nc2c1.CN(C)c1ccn2cc(-c3cccc(O)c3)nc2c1.CNc1ccn2cc(-c3ccc(CO)cc3)nc2c1. The molecule has 6 aromatic heterocycles. The molecule has 0 saturated heterocycles. The van der Waals surface area contributed by atoms with Crippen molar-refractivity contribution in [3.63, 3.8) is 0 Å². The van der Waals surface area contributed by atoms with E-state index in [0.717, 1.165) is 78.9 Å². The summed E-state index contributed by atoms with van der Waals surface area (Å²) in [5.74, 6) is 0.253. The molecule has 12 nitrogen and oxygen atoms in total. The number of rotatable bonds is 8. The van der Waals surface area contributed by atoms with Gasteiger partial charge in [-0.25, -0.2) is 15.0 Å². The highest BCUT2D eigenvalue weighted by Gasteiger charge is 2.09. The lowest BCUT2D eigenvalue weighted by molar-refractivity contribution is 0.281. The highest BCUT2D eigenvalue weighted by Crippen LogP contribution is 2.26. The fourth-order valence-corrected chi connectivity index (χ4v) is 6.28. The zero-order chi connectivity index (χ0) is 40.8. The molecular formula is C46H47N9O3. The first-order chi connectivity index (χ1) is 28.1. The van der Waals surface area contributed by atoms with E-state index < -0.39 is 0 Å². The maximum absolute atomic E-state index is 9.52. The van der Waals surface area contributed by atoms with Crippen molar-refractivity contribution < 1.29 is 15.3 Å². The van der Waals surface area contributed by atoms with Gasteiger partial charge in [-0.05, 0) is 41.5 Å². The van der Waals surface area contributed by atoms with Crippen LogP contribution in [0, 0.1) is 0 Å². The van der Waals surface area contributed by atoms with E-state index in [0.29, 0.717) is 0 Å². The topological polar surface area (TPSA) is 131 Å². The van der Waals surface area contributed by atoms with Crippen molar-refractivity contribution in [2.45, 2.75) is 13.2 Å². The molecule has 4 N–H and O–H groups in total. The predicted molar refractivity (Wildman–Crippen MR) is 234 cm³/mol. The summed E-state index contributed by atoms with van der Waals surface area (Å²) >= 11 is 0. The number of hydrogen-bond donors (Lipinski definition) is 4. The lowest BCUT2D eigenvalue weighted by Gasteiger charge is -2.11. The molecule has 3 aromatic carbocycles. The normalized spacial score (nSPS) is 10.9. The van der Waals surface area contributed by atoms with E-state index in [1.54, 1.807) is 12.1 Å². The van der Waals surface area contributed by atoms with Crippen LogP contribution in [0.4, 0.5) is 17.1 Å². The van der Waals surface area contributed by atoms with Crippen LogP contribution in [0.15, 0.2) is 146 Å². The maximum atomic E-state index is 9.52. The molecule has 9 rings (SSSR count). The summed E-state index contributed by atoms with van der Waals surface area (Å²) in [6.07, 6.45) is 12.0. The molecule has 294 valence electrons. The van der Waals surface area contributed by atoms with Crippen LogP contribution in [0.25, 0.3) is 50.7 Å². The molecule has 0 aliphatic rings. The molecular weight excluding hydrogens is 727 g/mol. The van der Waals surface area contributed by atoms with Crippen LogP contribution in [0.1, 0.15) is 11.1 Å². The van der Waals surface area contributed by atoms with E-state index in [1.165, 1.54) is 0 Å². The van der Waals surface area contributed by atoms with Crippen molar-refractivity contribution >= 4 is 34.0 Å². The van der Waals surface area contributed by atoms with Gasteiger partial charge in [0.15, 0.2) is 0 Å². The maximum Gasteiger partial charge on any atom is 0.139 e. The number of benzene rings is 3. The van der Waals surface area contributed by atoms with E-state index in [2.05, 4.69) is 37.3 Å². The Bertz CT molecular complexity index is 2770. The number of nitrogens with zero attached hydrogens (tertiary/aromatic N) is 8. The largest absolute Gasteiger partial charge is 0.508 e. The average Bonchev–Trinajstić information content (AvgIpc) is 4.00. The Morgan fingerprint density at radius 3 is 1.36 bits per heavy atom. The number of phenols is 1. The van der Waals surface area contributed by atoms with Gasteiger partial charge in [0.1, 0.15) is 22.7 Å². The Morgan fingerprint density at radius 1 is 0.517 bits per heavy atom. The first-order valence-electron chi connectivity index (χ1n) is 18.8. The molecule has 0 fully saturated rings. The number of anilines is 3. The highest BCUT2D eigenvalue weighted by molar-refractivity contribution is 5.68. The third-order valence-corrected chi connectivity index (χ3v) is 9.68. The number of nitrogens with one attached hydrogen (secondary N) is 1. The first kappa shape index (κ1) is 39.1. The standard InChI is InChI=1S/C16H17N3O.2C15H15N3O/c1-18(2)14-7-8-19-10-15(17-16(19)9-14)13-5-3-12(11-20)4-6-13;1-17(2)12-6-7-18-10-14(16-15(18)9-12)11-4-3-5-13(19)8-11;1-16-13-6-7-18-9-14(17-15(18)8-13)12-4-2-11(10-19)3-5-12/h3-10,20H,11H2,1-2H3;3-10,19H,1-2H3;2-9,16,19H,10H2,1H3. The van der Waals surface area contributed by atoms with Gasteiger partial charge in [0, 0.05) is 124 Å². The second-order valence-electron chi connectivity index (χ2n) is 14.2. The van der Waals surface area contributed by atoms with Crippen molar-refractivity contribution in [1.82, 2.24) is 28.2 Å². The predicted octanol–water partition coefficient (Wildman–Crippen LogP) is 7.87. The van der Waals surface area contributed by atoms with Gasteiger partial charge < -0.3 is 43.6 Å². The van der Waals surface area contributed by atoms with Crippen molar-refractivity contribution in [2.75, 3.05) is 50.4 Å². The minimum atomic E-state index is 0.0664. The van der Waals surface area contributed by atoms with E-state index in [4.69, 9.17) is 10.2 Å². The second kappa shape index (κ2) is 17.3. The number of aromatic nitrogens is 6. The quantitative estimate of drug-likeness (QED) is 0.122. The molecule has 0 unspecified atom stereocenters. The molecule has 58 heavy (non-hydrogen) atoms. The van der Waals surface area contributed by atoms with Crippen LogP contribution in [0.5, 0.6) is 5.75 Å². The van der Waals surface area contributed by atoms with E-state index in [-0.39, 0.29) is 19.0 Å². The summed E-state index contributed by atoms with van der Waals surface area (Å²) in [6, 6.07) is 34.9. The van der Waals surface area contributed by atoms with Crippen LogP contribution in [-0.4, -0.2) is 78.7 Å². The van der Waals surface area contributed by atoms with Gasteiger partial charge in [0.05, 0.1) is 30.3 Å². The van der Waals surface area contributed by atoms with Crippen LogP contribution in [0.2, 0.25) is 0 Å². The molecule has 0 amide bonds. The Kier molecular flexibility index (Phi) is 11.7. The fourth-order valence-electron chi connectivity index (χ4n) is 6.28. The molecule has 12 heteroatoms. The van der Waals surface area contributed by atoms with Gasteiger partial charge >= 0.3 is 0 Å². The van der Waals surface area contributed by atoms with Crippen molar-refractivity contribution in [3.8, 4) is 39.5 Å². The van der Waals surface area contributed by atoms with Crippen LogP contribution in [0.3, 0.4) is 0 Å². The molecule has 0 atom stereocenters. The molecule has 0 radical (unpaired) electrons. The summed E-state index contributed by atoms with van der Waals surface area (Å²) in [7, 11) is 9.94. The van der Waals surface area contributed by atoms with Crippen molar-refractivity contribution in [1.29, 1.82) is 0 Å². The van der Waals surface area contributed by atoms with Gasteiger partial charge in [0.2, 0.25) is 0 Å². The van der Waals surface area contributed by atoms with Gasteiger partial charge in [0.25, 0.3) is 0 Å². The van der Waals surface area contributed by atoms with Gasteiger partial charge in [-0.15, -0.1) is 0 Å².